The van der Waals surface area contributed by atoms with Crippen molar-refractivity contribution in [2.45, 2.75) is 0 Å². The number of hydrogen-bond acceptors (Lipinski definition) is 4. The van der Waals surface area contributed by atoms with Crippen molar-refractivity contribution in [1.29, 1.82) is 0 Å². The number of methoxy groups -OCH3 is 1. The van der Waals surface area contributed by atoms with E-state index in [-0.39, 0.29) is 5.57 Å². The van der Waals surface area contributed by atoms with E-state index in [9.17, 15) is 14.4 Å². The third-order valence-electron chi connectivity index (χ3n) is 3.38. The lowest BCUT2D eigenvalue weighted by atomic mass is 10.00. The van der Waals surface area contributed by atoms with E-state index in [0.29, 0.717) is 11.3 Å². The molecule has 0 saturated carbocycles. The number of barbiturate groups is 1. The lowest BCUT2D eigenvalue weighted by Gasteiger charge is -2.15. The van der Waals surface area contributed by atoms with Crippen LogP contribution in [0.15, 0.2) is 42.0 Å². The zero-order valence-corrected chi connectivity index (χ0v) is 11.7. The van der Waals surface area contributed by atoms with Gasteiger partial charge in [0.1, 0.15) is 11.3 Å². The van der Waals surface area contributed by atoms with Gasteiger partial charge in [-0.2, -0.15) is 0 Å². The lowest BCUT2D eigenvalue weighted by molar-refractivity contribution is -0.123. The average molecular weight is 296 g/mol. The standard InChI is InChI=1S/C16H12N2O4/c1-22-13-7-6-9-4-2-3-5-10(9)11(13)8-12-14(19)17-16(21)18-15(12)20/h2-8H,1H3,(H2,17,18,19,20,21). The molecule has 0 aromatic heterocycles. The van der Waals surface area contributed by atoms with Crippen molar-refractivity contribution < 1.29 is 19.1 Å². The van der Waals surface area contributed by atoms with Crippen molar-refractivity contribution in [2.24, 2.45) is 0 Å². The van der Waals surface area contributed by atoms with Crippen LogP contribution in [0, 0.1) is 0 Å². The number of rotatable bonds is 2. The second-order valence-corrected chi connectivity index (χ2v) is 4.70. The molecule has 0 atom stereocenters. The molecule has 0 aliphatic carbocycles. The smallest absolute Gasteiger partial charge is 0.328 e. The molecule has 0 bridgehead atoms. The molecule has 0 unspecified atom stereocenters. The van der Waals surface area contributed by atoms with Gasteiger partial charge in [-0.25, -0.2) is 4.79 Å². The third-order valence-corrected chi connectivity index (χ3v) is 3.38. The number of carbonyl (C=O) groups excluding carboxylic acids is 3. The van der Waals surface area contributed by atoms with Crippen LogP contribution in [0.2, 0.25) is 0 Å². The number of benzene rings is 2. The van der Waals surface area contributed by atoms with Gasteiger partial charge in [0.05, 0.1) is 7.11 Å². The number of amides is 4. The van der Waals surface area contributed by atoms with Gasteiger partial charge in [0.2, 0.25) is 0 Å². The van der Waals surface area contributed by atoms with E-state index >= 15 is 0 Å². The Hall–Kier alpha value is -3.15. The number of urea groups is 1. The minimum absolute atomic E-state index is 0.144. The Labute approximate surface area is 125 Å². The Kier molecular flexibility index (Phi) is 3.34. The molecule has 2 N–H and O–H groups in total. The van der Waals surface area contributed by atoms with Gasteiger partial charge < -0.3 is 4.74 Å². The summed E-state index contributed by atoms with van der Waals surface area (Å²) < 4.78 is 5.31. The maximum Gasteiger partial charge on any atom is 0.328 e. The highest BCUT2D eigenvalue weighted by Crippen LogP contribution is 2.30. The van der Waals surface area contributed by atoms with E-state index in [4.69, 9.17) is 4.74 Å². The first kappa shape index (κ1) is 13.8. The van der Waals surface area contributed by atoms with Gasteiger partial charge in [-0.3, -0.25) is 20.2 Å². The van der Waals surface area contributed by atoms with Gasteiger partial charge in [-0.15, -0.1) is 0 Å². The van der Waals surface area contributed by atoms with Gasteiger partial charge in [0.15, 0.2) is 0 Å². The number of hydrogen-bond donors (Lipinski definition) is 2. The predicted molar refractivity (Wildman–Crippen MR) is 80.2 cm³/mol. The summed E-state index contributed by atoms with van der Waals surface area (Å²) in [5.41, 5.74) is 0.463. The quantitative estimate of drug-likeness (QED) is 0.651. The van der Waals surface area contributed by atoms with Crippen molar-refractivity contribution in [3.63, 3.8) is 0 Å². The number of nitrogens with one attached hydrogen (secondary N) is 2. The summed E-state index contributed by atoms with van der Waals surface area (Å²) in [5.74, 6) is -0.934. The van der Waals surface area contributed by atoms with E-state index in [1.807, 2.05) is 41.0 Å². The SMILES string of the molecule is COc1ccc2ccccc2c1C=C1C(=O)NC(=O)NC1=O. The molecular formula is C16H12N2O4. The minimum Gasteiger partial charge on any atom is -0.496 e. The molecule has 2 aromatic rings. The molecule has 2 aromatic carbocycles. The summed E-state index contributed by atoms with van der Waals surface area (Å²) in [7, 11) is 1.51. The first-order valence-corrected chi connectivity index (χ1v) is 6.54. The van der Waals surface area contributed by atoms with Crippen molar-refractivity contribution in [3.05, 3.63) is 47.5 Å². The first-order valence-electron chi connectivity index (χ1n) is 6.54. The fourth-order valence-corrected chi connectivity index (χ4v) is 2.35. The Morgan fingerprint density at radius 1 is 0.955 bits per heavy atom. The van der Waals surface area contributed by atoms with E-state index in [1.165, 1.54) is 13.2 Å². The van der Waals surface area contributed by atoms with E-state index in [0.717, 1.165) is 10.8 Å². The highest BCUT2D eigenvalue weighted by Gasteiger charge is 2.28. The molecule has 1 fully saturated rings. The minimum atomic E-state index is -0.822. The molecule has 6 heteroatoms. The number of carbonyl (C=O) groups is 3. The van der Waals surface area contributed by atoms with E-state index < -0.39 is 17.8 Å². The van der Waals surface area contributed by atoms with Crippen molar-refractivity contribution in [2.75, 3.05) is 7.11 Å². The van der Waals surface area contributed by atoms with Crippen LogP contribution in [0.4, 0.5) is 4.79 Å². The molecule has 0 spiro atoms. The Morgan fingerprint density at radius 2 is 1.64 bits per heavy atom. The second-order valence-electron chi connectivity index (χ2n) is 4.70. The van der Waals surface area contributed by atoms with E-state index in [2.05, 4.69) is 0 Å². The van der Waals surface area contributed by atoms with Crippen LogP contribution in [0.25, 0.3) is 16.8 Å². The average Bonchev–Trinajstić information content (AvgIpc) is 2.50. The summed E-state index contributed by atoms with van der Waals surface area (Å²) in [6.07, 6.45) is 1.43. The third kappa shape index (κ3) is 2.31. The van der Waals surface area contributed by atoms with Crippen LogP contribution in [0.3, 0.4) is 0 Å². The molecule has 6 nitrogen and oxygen atoms in total. The Bertz CT molecular complexity index is 817. The predicted octanol–water partition coefficient (Wildman–Crippen LogP) is 1.60. The van der Waals surface area contributed by atoms with Crippen LogP contribution < -0.4 is 15.4 Å². The summed E-state index contributed by atoms with van der Waals surface area (Å²) in [6.45, 7) is 0. The maximum absolute atomic E-state index is 11.9. The van der Waals surface area contributed by atoms with Crippen LogP contribution in [-0.4, -0.2) is 25.0 Å². The van der Waals surface area contributed by atoms with Gasteiger partial charge >= 0.3 is 6.03 Å². The Balaban J connectivity index is 2.21. The zero-order valence-electron chi connectivity index (χ0n) is 11.7. The zero-order chi connectivity index (χ0) is 15.7. The largest absolute Gasteiger partial charge is 0.496 e. The van der Waals surface area contributed by atoms with Crippen molar-refractivity contribution >= 4 is 34.7 Å². The lowest BCUT2D eigenvalue weighted by Crippen LogP contribution is -2.51. The van der Waals surface area contributed by atoms with Crippen LogP contribution in [0.1, 0.15) is 5.56 Å². The molecular weight excluding hydrogens is 284 g/mol. The monoisotopic (exact) mass is 296 g/mol. The fourth-order valence-electron chi connectivity index (χ4n) is 2.35. The van der Waals surface area contributed by atoms with Crippen molar-refractivity contribution in [3.8, 4) is 5.75 Å². The molecule has 3 rings (SSSR count). The molecule has 1 aliphatic heterocycles. The summed E-state index contributed by atoms with van der Waals surface area (Å²) in [4.78, 5) is 34.8. The van der Waals surface area contributed by atoms with Crippen molar-refractivity contribution in [1.82, 2.24) is 10.6 Å². The molecule has 22 heavy (non-hydrogen) atoms. The molecule has 1 saturated heterocycles. The summed E-state index contributed by atoms with van der Waals surface area (Å²) >= 11 is 0. The van der Waals surface area contributed by atoms with Gasteiger partial charge in [-0.1, -0.05) is 30.3 Å². The molecule has 1 aliphatic rings. The summed E-state index contributed by atoms with van der Waals surface area (Å²) in [5, 5.41) is 5.88. The van der Waals surface area contributed by atoms with Gasteiger partial charge in [-0.05, 0) is 22.9 Å². The first-order chi connectivity index (χ1) is 10.6. The fraction of sp³-hybridized carbons (Fsp3) is 0.0625. The number of fused-ring (bicyclic) bond motifs is 1. The highest BCUT2D eigenvalue weighted by molar-refractivity contribution is 6.31. The molecule has 4 amide bonds. The molecule has 1 heterocycles. The summed E-state index contributed by atoms with van der Waals surface area (Å²) in [6, 6.07) is 10.4. The van der Waals surface area contributed by atoms with Gasteiger partial charge in [0.25, 0.3) is 11.8 Å². The van der Waals surface area contributed by atoms with Crippen LogP contribution in [-0.2, 0) is 9.59 Å². The number of ether oxygens (including phenoxy) is 1. The molecule has 110 valence electrons. The number of imide groups is 2. The second kappa shape index (κ2) is 5.33. The van der Waals surface area contributed by atoms with Gasteiger partial charge in [0, 0.05) is 5.56 Å². The molecule has 0 radical (unpaired) electrons. The Morgan fingerprint density at radius 3 is 2.32 bits per heavy atom. The van der Waals surface area contributed by atoms with Crippen LogP contribution in [0.5, 0.6) is 5.75 Å². The maximum atomic E-state index is 11.9. The highest BCUT2D eigenvalue weighted by atomic mass is 16.5. The topological polar surface area (TPSA) is 84.5 Å². The normalized spacial score (nSPS) is 14.6. The van der Waals surface area contributed by atoms with Crippen LogP contribution >= 0.6 is 0 Å². The van der Waals surface area contributed by atoms with E-state index in [1.54, 1.807) is 6.07 Å².